The van der Waals surface area contributed by atoms with Crippen molar-refractivity contribution in [3.8, 4) is 5.75 Å². The minimum atomic E-state index is -0.514. The molecule has 0 aliphatic carbocycles. The number of ether oxygens (including phenoxy) is 2. The second-order valence-electron chi connectivity index (χ2n) is 11.3. The summed E-state index contributed by atoms with van der Waals surface area (Å²) in [5, 5.41) is 0. The van der Waals surface area contributed by atoms with Crippen molar-refractivity contribution in [1.82, 2.24) is 4.90 Å². The molecule has 1 aromatic rings. The van der Waals surface area contributed by atoms with E-state index in [4.69, 9.17) is 9.47 Å². The van der Waals surface area contributed by atoms with Crippen molar-refractivity contribution in [3.05, 3.63) is 65.0 Å². The van der Waals surface area contributed by atoms with E-state index < -0.39 is 5.60 Å². The number of rotatable bonds is 12. The molecule has 1 aliphatic rings. The zero-order chi connectivity index (χ0) is 30.7. The maximum absolute atomic E-state index is 13.4. The molecule has 0 aromatic heterocycles. The molecule has 0 N–H and O–H groups in total. The number of allylic oxidation sites excluding steroid dienone is 4. The lowest BCUT2D eigenvalue weighted by molar-refractivity contribution is -0.118. The van der Waals surface area contributed by atoms with Crippen molar-refractivity contribution >= 4 is 30.1 Å². The van der Waals surface area contributed by atoms with Crippen molar-refractivity contribution in [2.45, 2.75) is 72.8 Å². The number of carbonyl (C=O) groups is 2. The Bertz CT molecular complexity index is 1220. The summed E-state index contributed by atoms with van der Waals surface area (Å²) in [6.07, 6.45) is 10.6. The van der Waals surface area contributed by atoms with Gasteiger partial charge in [-0.15, -0.1) is 0 Å². The molecule has 8 nitrogen and oxygen atoms in total. The predicted molar refractivity (Wildman–Crippen MR) is 170 cm³/mol. The summed E-state index contributed by atoms with van der Waals surface area (Å²) in [7, 11) is 5.32. The van der Waals surface area contributed by atoms with Gasteiger partial charge < -0.3 is 24.2 Å². The highest BCUT2D eigenvalue weighted by atomic mass is 16.6. The minimum Gasteiger partial charge on any atom is -0.494 e. The molecule has 2 amide bonds. The zero-order valence-corrected chi connectivity index (χ0v) is 26.4. The lowest BCUT2D eigenvalue weighted by Crippen LogP contribution is -2.37. The summed E-state index contributed by atoms with van der Waals surface area (Å²) in [5.41, 5.74) is 5.47. The minimum absolute atomic E-state index is 0.0584. The monoisotopic (exact) mass is 564 g/mol. The normalized spacial score (nSPS) is 15.0. The third kappa shape index (κ3) is 9.95. The van der Waals surface area contributed by atoms with Crippen LogP contribution in [-0.4, -0.2) is 63.5 Å². The van der Waals surface area contributed by atoms with Crippen molar-refractivity contribution in [3.63, 3.8) is 0 Å². The van der Waals surface area contributed by atoms with Crippen LogP contribution in [0, 0.1) is 0 Å². The Labute approximate surface area is 246 Å². The molecule has 1 heterocycles. The summed E-state index contributed by atoms with van der Waals surface area (Å²) in [4.78, 5) is 35.0. The van der Waals surface area contributed by atoms with Crippen molar-refractivity contribution in [2.75, 3.05) is 44.1 Å². The van der Waals surface area contributed by atoms with Gasteiger partial charge in [-0.1, -0.05) is 29.4 Å². The number of amides is 2. The van der Waals surface area contributed by atoms with E-state index in [2.05, 4.69) is 23.9 Å². The lowest BCUT2D eigenvalue weighted by Gasteiger charge is -2.31. The highest BCUT2D eigenvalue weighted by molar-refractivity contribution is 5.97. The van der Waals surface area contributed by atoms with Crippen LogP contribution < -0.4 is 14.5 Å². The first kappa shape index (κ1) is 33.4. The van der Waals surface area contributed by atoms with Crippen LogP contribution in [-0.2, 0) is 9.53 Å². The SMILES string of the molecule is C=N/C(C)=C\N(C)c1ccc(N2CC(/C=C\C)=C(C/C(=C/C)CCCN(C)C(=O)OC(C)(C)C)CC2=O)cc1OC. The molecule has 0 spiro atoms. The van der Waals surface area contributed by atoms with E-state index in [0.29, 0.717) is 25.3 Å². The van der Waals surface area contributed by atoms with E-state index in [0.717, 1.165) is 47.5 Å². The largest absolute Gasteiger partial charge is 0.494 e. The Kier molecular flexibility index (Phi) is 12.4. The molecule has 0 fully saturated rings. The lowest BCUT2D eigenvalue weighted by atomic mass is 9.91. The fourth-order valence-corrected chi connectivity index (χ4v) is 4.64. The average molecular weight is 565 g/mol. The smallest absolute Gasteiger partial charge is 0.410 e. The number of benzene rings is 1. The van der Waals surface area contributed by atoms with Gasteiger partial charge in [0.1, 0.15) is 11.4 Å². The fraction of sp³-hybridized carbons (Fsp3) is 0.485. The second-order valence-corrected chi connectivity index (χ2v) is 11.3. The quantitative estimate of drug-likeness (QED) is 0.197. The highest BCUT2D eigenvalue weighted by Crippen LogP contribution is 2.36. The van der Waals surface area contributed by atoms with Gasteiger partial charge in [0.05, 0.1) is 25.0 Å². The molecule has 1 aliphatic heterocycles. The molecular weight excluding hydrogens is 516 g/mol. The van der Waals surface area contributed by atoms with E-state index in [-0.39, 0.29) is 12.0 Å². The van der Waals surface area contributed by atoms with Crippen molar-refractivity contribution in [2.24, 2.45) is 4.99 Å². The second kappa shape index (κ2) is 15.3. The molecule has 2 rings (SSSR count). The van der Waals surface area contributed by atoms with Crippen LogP contribution in [0.15, 0.2) is 70.0 Å². The summed E-state index contributed by atoms with van der Waals surface area (Å²) in [6.45, 7) is 16.2. The number of hydrogen-bond donors (Lipinski definition) is 0. The number of nitrogens with zero attached hydrogens (tertiary/aromatic N) is 4. The van der Waals surface area contributed by atoms with Gasteiger partial charge in [-0.25, -0.2) is 4.79 Å². The van der Waals surface area contributed by atoms with Crippen LogP contribution in [0.1, 0.15) is 67.2 Å². The molecule has 0 saturated heterocycles. The van der Waals surface area contributed by atoms with E-state index in [1.807, 2.05) is 88.9 Å². The van der Waals surface area contributed by atoms with Gasteiger partial charge in [0, 0.05) is 45.0 Å². The first-order valence-corrected chi connectivity index (χ1v) is 14.1. The number of hydrogen-bond acceptors (Lipinski definition) is 6. The molecule has 1 aromatic carbocycles. The van der Waals surface area contributed by atoms with Crippen LogP contribution in [0.5, 0.6) is 5.75 Å². The van der Waals surface area contributed by atoms with Crippen molar-refractivity contribution < 1.29 is 19.1 Å². The van der Waals surface area contributed by atoms with Gasteiger partial charge in [0.2, 0.25) is 5.91 Å². The maximum atomic E-state index is 13.4. The molecule has 0 radical (unpaired) electrons. The highest BCUT2D eigenvalue weighted by Gasteiger charge is 2.27. The molecular formula is C33H48N4O4. The zero-order valence-electron chi connectivity index (χ0n) is 26.4. The molecule has 0 unspecified atom stereocenters. The van der Waals surface area contributed by atoms with Gasteiger partial charge in [-0.05, 0) is 85.2 Å². The number of aliphatic imine (C=N–C) groups is 1. The summed E-state index contributed by atoms with van der Waals surface area (Å²) in [5.74, 6) is 0.726. The average Bonchev–Trinajstić information content (AvgIpc) is 2.92. The molecule has 224 valence electrons. The van der Waals surface area contributed by atoms with Crippen LogP contribution in [0.4, 0.5) is 16.2 Å². The molecule has 41 heavy (non-hydrogen) atoms. The third-order valence-corrected chi connectivity index (χ3v) is 6.85. The van der Waals surface area contributed by atoms with Crippen molar-refractivity contribution in [1.29, 1.82) is 0 Å². The topological polar surface area (TPSA) is 74.7 Å². The van der Waals surface area contributed by atoms with Gasteiger partial charge in [0.15, 0.2) is 0 Å². The molecule has 8 heteroatoms. The van der Waals surface area contributed by atoms with Gasteiger partial charge in [0.25, 0.3) is 0 Å². The first-order valence-electron chi connectivity index (χ1n) is 14.1. The maximum Gasteiger partial charge on any atom is 0.410 e. The summed E-state index contributed by atoms with van der Waals surface area (Å²) >= 11 is 0. The summed E-state index contributed by atoms with van der Waals surface area (Å²) < 4.78 is 11.1. The third-order valence-electron chi connectivity index (χ3n) is 6.85. The van der Waals surface area contributed by atoms with Crippen LogP contribution in [0.25, 0.3) is 0 Å². The van der Waals surface area contributed by atoms with E-state index in [1.165, 1.54) is 5.57 Å². The van der Waals surface area contributed by atoms with E-state index >= 15 is 0 Å². The Morgan fingerprint density at radius 1 is 1.22 bits per heavy atom. The van der Waals surface area contributed by atoms with E-state index in [1.54, 1.807) is 19.1 Å². The number of anilines is 2. The van der Waals surface area contributed by atoms with Crippen LogP contribution >= 0.6 is 0 Å². The van der Waals surface area contributed by atoms with Crippen LogP contribution in [0.2, 0.25) is 0 Å². The first-order chi connectivity index (χ1) is 19.3. The predicted octanol–water partition coefficient (Wildman–Crippen LogP) is 7.29. The molecule has 0 bridgehead atoms. The fourth-order valence-electron chi connectivity index (χ4n) is 4.64. The van der Waals surface area contributed by atoms with Crippen LogP contribution in [0.3, 0.4) is 0 Å². The Morgan fingerprint density at radius 2 is 1.93 bits per heavy atom. The Hall–Kier alpha value is -3.81. The number of carbonyl (C=O) groups excluding carboxylic acids is 2. The standard InChI is InChI=1S/C33H48N4O4/c1-11-14-26-23-37(28-16-17-29(30(21-28)40-10)36(9)22-24(3)34-7)31(38)20-27(26)19-25(12-2)15-13-18-35(8)32(39)41-33(4,5)6/h11-12,14,16-17,21-22H,7,13,15,18-20,23H2,1-6,8-10H3/b14-11-,24-22-,25-12+. The van der Waals surface area contributed by atoms with E-state index in [9.17, 15) is 9.59 Å². The van der Waals surface area contributed by atoms with Gasteiger partial charge >= 0.3 is 6.09 Å². The molecule has 0 saturated carbocycles. The Morgan fingerprint density at radius 3 is 2.51 bits per heavy atom. The summed E-state index contributed by atoms with van der Waals surface area (Å²) in [6, 6.07) is 5.81. The molecule has 0 atom stereocenters. The van der Waals surface area contributed by atoms with Gasteiger partial charge in [-0.3, -0.25) is 9.79 Å². The van der Waals surface area contributed by atoms with Gasteiger partial charge in [-0.2, -0.15) is 0 Å². The Balaban J connectivity index is 2.18. The number of methoxy groups -OCH3 is 1.